The molecule has 208 valence electrons. The van der Waals surface area contributed by atoms with Crippen LogP contribution >= 0.6 is 15.9 Å². The Morgan fingerprint density at radius 3 is 2.42 bits per heavy atom. The minimum atomic E-state index is -0.793. The van der Waals surface area contributed by atoms with Gasteiger partial charge in [-0.15, -0.1) is 0 Å². The number of carboxylic acids is 1. The molecule has 1 N–H and O–H groups in total. The van der Waals surface area contributed by atoms with E-state index in [0.29, 0.717) is 44.2 Å². The van der Waals surface area contributed by atoms with Gasteiger partial charge in [-0.05, 0) is 78.2 Å². The van der Waals surface area contributed by atoms with Crippen LogP contribution in [0.15, 0.2) is 81.7 Å². The second kappa shape index (κ2) is 12.7. The van der Waals surface area contributed by atoms with Crippen LogP contribution in [-0.4, -0.2) is 59.8 Å². The van der Waals surface area contributed by atoms with Crippen LogP contribution in [0.4, 0.5) is 5.69 Å². The van der Waals surface area contributed by atoms with E-state index in [4.69, 9.17) is 9.15 Å². The number of hydrogen-bond donors (Lipinski definition) is 1. The van der Waals surface area contributed by atoms with Gasteiger partial charge < -0.3 is 19.2 Å². The van der Waals surface area contributed by atoms with Crippen LogP contribution in [0.2, 0.25) is 0 Å². The lowest BCUT2D eigenvalue weighted by molar-refractivity contribution is -0.143. The fraction of sp³-hybridized carbons (Fsp3) is 0.312. The highest BCUT2D eigenvalue weighted by molar-refractivity contribution is 9.10. The molecular formula is C32H34BrN3O4. The Labute approximate surface area is 243 Å². The van der Waals surface area contributed by atoms with Gasteiger partial charge >= 0.3 is 5.97 Å². The highest BCUT2D eigenvalue weighted by Crippen LogP contribution is 2.28. The zero-order chi connectivity index (χ0) is 28.1. The van der Waals surface area contributed by atoms with E-state index in [1.54, 1.807) is 0 Å². The van der Waals surface area contributed by atoms with E-state index in [9.17, 15) is 9.90 Å². The maximum Gasteiger partial charge on any atom is 0.321 e. The van der Waals surface area contributed by atoms with Gasteiger partial charge in [0.2, 0.25) is 5.89 Å². The number of oxazole rings is 1. The van der Waals surface area contributed by atoms with E-state index in [0.717, 1.165) is 40.1 Å². The molecule has 2 heterocycles. The minimum absolute atomic E-state index is 0.430. The standard InChI is InChI=1S/C32H34BrN3O4/c1-22-8-11-26(12-9-22)35-15-17-36(18-16-35)29(32(37)38)21-24-10-13-30(27(33)20-24)39-19-14-28-23(2)40-31(34-28)25-6-4-3-5-7-25/h3-13,20,29H,14-19,21H2,1-2H3,(H,37,38)/t29-/m0/s1. The molecule has 0 amide bonds. The molecule has 0 aliphatic carbocycles. The molecule has 0 unspecified atom stereocenters. The van der Waals surface area contributed by atoms with Gasteiger partial charge in [0.05, 0.1) is 16.8 Å². The predicted octanol–water partition coefficient (Wildman–Crippen LogP) is 6.16. The lowest BCUT2D eigenvalue weighted by Gasteiger charge is -2.39. The fourth-order valence-corrected chi connectivity index (χ4v) is 5.59. The number of anilines is 1. The number of aromatic nitrogens is 1. The summed E-state index contributed by atoms with van der Waals surface area (Å²) < 4.78 is 12.7. The number of benzene rings is 3. The average molecular weight is 605 g/mol. The molecule has 7 nitrogen and oxygen atoms in total. The van der Waals surface area contributed by atoms with Crippen LogP contribution in [0.25, 0.3) is 11.5 Å². The fourth-order valence-electron chi connectivity index (χ4n) is 5.05. The molecule has 1 fully saturated rings. The number of carboxylic acid groups (broad SMARTS) is 1. The Balaban J connectivity index is 1.15. The number of rotatable bonds is 10. The van der Waals surface area contributed by atoms with Crippen molar-refractivity contribution < 1.29 is 19.1 Å². The number of hydrogen-bond acceptors (Lipinski definition) is 6. The van der Waals surface area contributed by atoms with Crippen LogP contribution in [0.5, 0.6) is 5.75 Å². The summed E-state index contributed by atoms with van der Waals surface area (Å²) in [5, 5.41) is 10.0. The van der Waals surface area contributed by atoms with E-state index < -0.39 is 12.0 Å². The Kier molecular flexibility index (Phi) is 8.87. The summed E-state index contributed by atoms with van der Waals surface area (Å²) in [5.74, 6) is 1.32. The quantitative estimate of drug-likeness (QED) is 0.232. The minimum Gasteiger partial charge on any atom is -0.492 e. The van der Waals surface area contributed by atoms with Crippen LogP contribution in [-0.2, 0) is 17.6 Å². The first-order valence-corrected chi connectivity index (χ1v) is 14.4. The van der Waals surface area contributed by atoms with Crippen molar-refractivity contribution >= 4 is 27.6 Å². The van der Waals surface area contributed by atoms with Crippen LogP contribution in [0.1, 0.15) is 22.6 Å². The van der Waals surface area contributed by atoms with Crippen molar-refractivity contribution in [2.75, 3.05) is 37.7 Å². The molecule has 1 aliphatic rings. The molecule has 5 rings (SSSR count). The maximum atomic E-state index is 12.2. The Bertz CT molecular complexity index is 1430. The first kappa shape index (κ1) is 27.9. The maximum absolute atomic E-state index is 12.2. The van der Waals surface area contributed by atoms with Gasteiger partial charge in [-0.1, -0.05) is 42.0 Å². The summed E-state index contributed by atoms with van der Waals surface area (Å²) in [5.41, 5.74) is 5.19. The number of aliphatic carboxylic acids is 1. The van der Waals surface area contributed by atoms with E-state index >= 15 is 0 Å². The zero-order valence-corrected chi connectivity index (χ0v) is 24.4. The highest BCUT2D eigenvalue weighted by Gasteiger charge is 2.29. The molecule has 1 aliphatic heterocycles. The van der Waals surface area contributed by atoms with Gasteiger partial charge in [0.15, 0.2) is 0 Å². The normalized spacial score (nSPS) is 14.7. The van der Waals surface area contributed by atoms with Crippen molar-refractivity contribution in [1.82, 2.24) is 9.88 Å². The van der Waals surface area contributed by atoms with Crippen molar-refractivity contribution in [3.63, 3.8) is 0 Å². The average Bonchev–Trinajstić information content (AvgIpc) is 3.34. The molecule has 1 atom stereocenters. The summed E-state index contributed by atoms with van der Waals surface area (Å²) in [6.45, 7) is 7.48. The van der Waals surface area contributed by atoms with Gasteiger partial charge in [-0.3, -0.25) is 9.69 Å². The predicted molar refractivity (Wildman–Crippen MR) is 160 cm³/mol. The molecule has 40 heavy (non-hydrogen) atoms. The first-order chi connectivity index (χ1) is 19.4. The number of halogens is 1. The topological polar surface area (TPSA) is 79.0 Å². The molecule has 1 aromatic heterocycles. The van der Waals surface area contributed by atoms with Crippen molar-refractivity contribution in [2.24, 2.45) is 0 Å². The Morgan fingerprint density at radius 1 is 1.02 bits per heavy atom. The SMILES string of the molecule is Cc1ccc(N2CCN([C@@H](Cc3ccc(OCCc4nc(-c5ccccc5)oc4C)c(Br)c3)C(=O)O)CC2)cc1. The lowest BCUT2D eigenvalue weighted by Crippen LogP contribution is -2.53. The summed E-state index contributed by atoms with van der Waals surface area (Å²) in [6, 6.07) is 23.6. The van der Waals surface area contributed by atoms with E-state index in [-0.39, 0.29) is 0 Å². The number of ether oxygens (including phenoxy) is 1. The zero-order valence-electron chi connectivity index (χ0n) is 22.8. The number of carbonyl (C=O) groups is 1. The van der Waals surface area contributed by atoms with Crippen molar-refractivity contribution in [3.8, 4) is 17.2 Å². The van der Waals surface area contributed by atoms with Gasteiger partial charge in [0, 0.05) is 43.9 Å². The molecule has 0 saturated carbocycles. The number of piperazine rings is 1. The van der Waals surface area contributed by atoms with Gasteiger partial charge in [-0.2, -0.15) is 0 Å². The molecule has 1 saturated heterocycles. The summed E-state index contributed by atoms with van der Waals surface area (Å²) in [7, 11) is 0. The Morgan fingerprint density at radius 2 is 1.75 bits per heavy atom. The molecular weight excluding hydrogens is 570 g/mol. The summed E-state index contributed by atoms with van der Waals surface area (Å²) in [6.07, 6.45) is 1.05. The van der Waals surface area contributed by atoms with Crippen molar-refractivity contribution in [2.45, 2.75) is 32.7 Å². The number of aryl methyl sites for hydroxylation is 2. The monoisotopic (exact) mass is 603 g/mol. The van der Waals surface area contributed by atoms with Gasteiger partial charge in [0.1, 0.15) is 17.6 Å². The van der Waals surface area contributed by atoms with E-state index in [2.05, 4.69) is 61.9 Å². The molecule has 0 spiro atoms. The largest absolute Gasteiger partial charge is 0.492 e. The van der Waals surface area contributed by atoms with Crippen LogP contribution < -0.4 is 9.64 Å². The third-order valence-corrected chi connectivity index (χ3v) is 7.99. The second-order valence-electron chi connectivity index (χ2n) is 10.2. The van der Waals surface area contributed by atoms with Crippen LogP contribution in [0.3, 0.4) is 0 Å². The molecule has 0 radical (unpaired) electrons. The Hall–Kier alpha value is -3.62. The van der Waals surface area contributed by atoms with Crippen molar-refractivity contribution in [1.29, 1.82) is 0 Å². The molecule has 8 heteroatoms. The van der Waals surface area contributed by atoms with Gasteiger partial charge in [0.25, 0.3) is 0 Å². The smallest absolute Gasteiger partial charge is 0.321 e. The summed E-state index contributed by atoms with van der Waals surface area (Å²) in [4.78, 5) is 21.3. The third kappa shape index (κ3) is 6.74. The van der Waals surface area contributed by atoms with Gasteiger partial charge in [-0.25, -0.2) is 4.98 Å². The highest BCUT2D eigenvalue weighted by atomic mass is 79.9. The third-order valence-electron chi connectivity index (χ3n) is 7.37. The molecule has 3 aromatic carbocycles. The first-order valence-electron chi connectivity index (χ1n) is 13.6. The molecule has 0 bridgehead atoms. The second-order valence-corrected chi connectivity index (χ2v) is 11.0. The van der Waals surface area contributed by atoms with Crippen molar-refractivity contribution in [3.05, 3.63) is 99.9 Å². The van der Waals surface area contributed by atoms with E-state index in [1.165, 1.54) is 11.3 Å². The van der Waals surface area contributed by atoms with Crippen LogP contribution in [0, 0.1) is 13.8 Å². The summed E-state index contributed by atoms with van der Waals surface area (Å²) >= 11 is 3.62. The molecule has 4 aromatic rings. The lowest BCUT2D eigenvalue weighted by atomic mass is 10.0. The number of nitrogens with zero attached hydrogens (tertiary/aromatic N) is 3. The van der Waals surface area contributed by atoms with E-state index in [1.807, 2.05) is 55.5 Å².